The molecule has 0 saturated carbocycles. The molecule has 132 valence electrons. The third-order valence-electron chi connectivity index (χ3n) is 3.66. The number of rotatable bonds is 2. The van der Waals surface area contributed by atoms with Crippen molar-refractivity contribution < 1.29 is 55.5 Å². The minimum Gasteiger partial charge on any atom is -0.744 e. The van der Waals surface area contributed by atoms with Crippen molar-refractivity contribution in [1.29, 1.82) is 0 Å². The Morgan fingerprint density at radius 1 is 0.760 bits per heavy atom. The van der Waals surface area contributed by atoms with E-state index in [1.54, 1.807) is 52.0 Å². The molecule has 6 nitrogen and oxygen atoms in total. The van der Waals surface area contributed by atoms with Gasteiger partial charge in [-0.3, -0.25) is 4.55 Å². The van der Waals surface area contributed by atoms with Gasteiger partial charge in [0.1, 0.15) is 10.1 Å². The maximum absolute atomic E-state index is 10.8. The second-order valence-electron chi connectivity index (χ2n) is 5.33. The Kier molecular flexibility index (Phi) is 9.00. The van der Waals surface area contributed by atoms with Crippen LogP contribution in [0.25, 0.3) is 0 Å². The van der Waals surface area contributed by atoms with E-state index in [4.69, 9.17) is 4.55 Å². The Bertz CT molecular complexity index is 871. The average molecular weight is 394 g/mol. The molecule has 0 aliphatic carbocycles. The van der Waals surface area contributed by atoms with Crippen molar-refractivity contribution >= 4 is 20.2 Å². The molecular weight excluding hydrogens is 375 g/mol. The molecule has 0 atom stereocenters. The number of aryl methyl sites for hydroxylation is 2. The van der Waals surface area contributed by atoms with E-state index in [0.717, 1.165) is 11.1 Å². The van der Waals surface area contributed by atoms with Crippen molar-refractivity contribution in [2.75, 3.05) is 0 Å². The van der Waals surface area contributed by atoms with E-state index < -0.39 is 20.2 Å². The van der Waals surface area contributed by atoms with Gasteiger partial charge in [-0.05, 0) is 62.1 Å². The van der Waals surface area contributed by atoms with Crippen LogP contribution in [-0.2, 0) is 20.2 Å². The SMILES string of the molecule is Cc1cccc(S(=O)(=O)O)c1C.Cc1cccc(S(=O)(=O)[O-])c1C.[Na+]. The molecule has 0 saturated heterocycles. The van der Waals surface area contributed by atoms with Gasteiger partial charge in [-0.1, -0.05) is 24.3 Å². The molecule has 2 rings (SSSR count). The van der Waals surface area contributed by atoms with Gasteiger partial charge in [-0.15, -0.1) is 0 Å². The molecule has 0 bridgehead atoms. The Morgan fingerprint density at radius 2 is 1.12 bits per heavy atom. The topological polar surface area (TPSA) is 112 Å². The third-order valence-corrected chi connectivity index (χ3v) is 5.64. The fourth-order valence-corrected chi connectivity index (χ4v) is 3.58. The fraction of sp³-hybridized carbons (Fsp3) is 0.250. The molecule has 0 fully saturated rings. The van der Waals surface area contributed by atoms with E-state index in [1.165, 1.54) is 12.1 Å². The first-order valence-electron chi connectivity index (χ1n) is 6.91. The van der Waals surface area contributed by atoms with Crippen molar-refractivity contribution in [3.63, 3.8) is 0 Å². The van der Waals surface area contributed by atoms with Gasteiger partial charge >= 0.3 is 29.6 Å². The smallest absolute Gasteiger partial charge is 0.744 e. The Balaban J connectivity index is 0.000000443. The second kappa shape index (κ2) is 9.27. The van der Waals surface area contributed by atoms with Gasteiger partial charge in [-0.25, -0.2) is 8.42 Å². The molecule has 0 amide bonds. The fourth-order valence-electron chi connectivity index (χ4n) is 2.00. The summed E-state index contributed by atoms with van der Waals surface area (Å²) < 4.78 is 62.2. The van der Waals surface area contributed by atoms with Crippen LogP contribution in [0.4, 0.5) is 0 Å². The monoisotopic (exact) mass is 394 g/mol. The zero-order valence-corrected chi connectivity index (χ0v) is 18.4. The summed E-state index contributed by atoms with van der Waals surface area (Å²) in [4.78, 5) is -0.134. The quantitative estimate of drug-likeness (QED) is 0.556. The molecule has 0 aliphatic heterocycles. The van der Waals surface area contributed by atoms with Gasteiger partial charge in [0.05, 0.1) is 9.79 Å². The van der Waals surface area contributed by atoms with Gasteiger partial charge < -0.3 is 4.55 Å². The average Bonchev–Trinajstić information content (AvgIpc) is 2.43. The minimum absolute atomic E-state index is 0. The van der Waals surface area contributed by atoms with Gasteiger partial charge in [0, 0.05) is 0 Å². The molecule has 2 aromatic carbocycles. The normalized spacial score (nSPS) is 11.1. The van der Waals surface area contributed by atoms with Crippen molar-refractivity contribution in [3.05, 3.63) is 58.7 Å². The molecule has 0 unspecified atom stereocenters. The summed E-state index contributed by atoms with van der Waals surface area (Å²) in [6.45, 7) is 6.85. The summed E-state index contributed by atoms with van der Waals surface area (Å²) in [6, 6.07) is 9.44. The van der Waals surface area contributed by atoms with Crippen LogP contribution >= 0.6 is 0 Å². The van der Waals surface area contributed by atoms with Crippen molar-refractivity contribution in [3.8, 4) is 0 Å². The Hall–Kier alpha value is -0.740. The number of hydrogen-bond donors (Lipinski definition) is 1. The van der Waals surface area contributed by atoms with Crippen LogP contribution < -0.4 is 29.6 Å². The van der Waals surface area contributed by atoms with E-state index in [2.05, 4.69) is 0 Å². The van der Waals surface area contributed by atoms with Crippen LogP contribution in [0.1, 0.15) is 22.3 Å². The molecule has 0 aromatic heterocycles. The zero-order chi connectivity index (χ0) is 18.7. The predicted octanol–water partition coefficient (Wildman–Crippen LogP) is -0.238. The number of benzene rings is 2. The van der Waals surface area contributed by atoms with Crippen LogP contribution in [0.15, 0.2) is 46.2 Å². The summed E-state index contributed by atoms with van der Waals surface area (Å²) in [5, 5.41) is 0. The van der Waals surface area contributed by atoms with E-state index in [1.807, 2.05) is 0 Å². The van der Waals surface area contributed by atoms with Crippen LogP contribution in [0, 0.1) is 27.7 Å². The minimum atomic E-state index is -4.31. The first kappa shape index (κ1) is 24.3. The van der Waals surface area contributed by atoms with Crippen molar-refractivity contribution in [2.24, 2.45) is 0 Å². The van der Waals surface area contributed by atoms with Gasteiger partial charge in [0.2, 0.25) is 0 Å². The summed E-state index contributed by atoms with van der Waals surface area (Å²) >= 11 is 0. The van der Waals surface area contributed by atoms with E-state index in [0.29, 0.717) is 11.1 Å². The summed E-state index contributed by atoms with van der Waals surface area (Å²) in [5.41, 5.74) is 2.80. The largest absolute Gasteiger partial charge is 1.00 e. The van der Waals surface area contributed by atoms with Crippen molar-refractivity contribution in [2.45, 2.75) is 37.5 Å². The first-order valence-corrected chi connectivity index (χ1v) is 9.76. The van der Waals surface area contributed by atoms with Crippen LogP contribution in [0.3, 0.4) is 0 Å². The Morgan fingerprint density at radius 3 is 1.40 bits per heavy atom. The Labute approximate surface area is 171 Å². The van der Waals surface area contributed by atoms with Gasteiger partial charge in [0.25, 0.3) is 10.1 Å². The molecule has 9 heteroatoms. The third kappa shape index (κ3) is 6.82. The summed E-state index contributed by atoms with van der Waals surface area (Å²) in [5.74, 6) is 0. The van der Waals surface area contributed by atoms with E-state index >= 15 is 0 Å². The molecule has 0 radical (unpaired) electrons. The van der Waals surface area contributed by atoms with Gasteiger partial charge in [-0.2, -0.15) is 8.42 Å². The molecule has 0 spiro atoms. The van der Waals surface area contributed by atoms with E-state index in [-0.39, 0.29) is 39.3 Å². The molecular formula is C16H19NaO6S2. The second-order valence-corrected chi connectivity index (χ2v) is 8.06. The van der Waals surface area contributed by atoms with Gasteiger partial charge in [0.15, 0.2) is 0 Å². The predicted molar refractivity (Wildman–Crippen MR) is 89.6 cm³/mol. The summed E-state index contributed by atoms with van der Waals surface area (Å²) in [7, 11) is -8.36. The molecule has 2 aromatic rings. The van der Waals surface area contributed by atoms with E-state index in [9.17, 15) is 21.4 Å². The van der Waals surface area contributed by atoms with Crippen LogP contribution in [0.5, 0.6) is 0 Å². The maximum atomic E-state index is 10.8. The van der Waals surface area contributed by atoms with Crippen LogP contribution in [0.2, 0.25) is 0 Å². The molecule has 0 heterocycles. The molecule has 0 aliphatic rings. The maximum Gasteiger partial charge on any atom is 1.00 e. The first-order chi connectivity index (χ1) is 10.9. The van der Waals surface area contributed by atoms with Crippen molar-refractivity contribution in [1.82, 2.24) is 0 Å². The summed E-state index contributed by atoms with van der Waals surface area (Å²) in [6.07, 6.45) is 0. The standard InChI is InChI=1S/2C8H10O3S.Na/c2*1-6-4-3-5-8(7(6)2)12(9,10)11;/h2*3-5H,1-2H3,(H,9,10,11);/q;;+1/p-1. The number of hydrogen-bond acceptors (Lipinski definition) is 5. The zero-order valence-electron chi connectivity index (χ0n) is 14.8. The molecule has 25 heavy (non-hydrogen) atoms. The van der Waals surface area contributed by atoms with Crippen LogP contribution in [-0.4, -0.2) is 25.9 Å². The molecule has 1 N–H and O–H groups in total.